The minimum atomic E-state index is -0.468. The molecule has 1 fully saturated rings. The van der Waals surface area contributed by atoms with E-state index in [1.807, 2.05) is 24.3 Å². The summed E-state index contributed by atoms with van der Waals surface area (Å²) in [6.45, 7) is 1.92. The molecule has 104 valence electrons. The van der Waals surface area contributed by atoms with E-state index in [1.54, 1.807) is 0 Å². The molecule has 1 atom stereocenters. The lowest BCUT2D eigenvalue weighted by Gasteiger charge is -2.24. The maximum atomic E-state index is 10.7. The Morgan fingerprint density at radius 2 is 2.37 bits per heavy atom. The topological polar surface area (TPSA) is 76.4 Å². The van der Waals surface area contributed by atoms with Gasteiger partial charge in [-0.3, -0.25) is 4.79 Å². The third-order valence-electron chi connectivity index (χ3n) is 3.18. The Morgan fingerprint density at radius 3 is 3.11 bits per heavy atom. The van der Waals surface area contributed by atoms with Crippen molar-refractivity contribution in [1.29, 1.82) is 0 Å². The summed E-state index contributed by atoms with van der Waals surface area (Å²) in [5.41, 5.74) is 6.04. The van der Waals surface area contributed by atoms with Crippen LogP contribution in [0.15, 0.2) is 24.3 Å². The lowest BCUT2D eigenvalue weighted by atomic mass is 10.1. The van der Waals surface area contributed by atoms with Crippen molar-refractivity contribution >= 4 is 11.6 Å². The van der Waals surface area contributed by atoms with Crippen LogP contribution >= 0.6 is 0 Å². The number of hydrogen-bond donors (Lipinski definition) is 3. The zero-order valence-corrected chi connectivity index (χ0v) is 11.0. The van der Waals surface area contributed by atoms with E-state index in [9.17, 15) is 4.79 Å². The molecule has 1 heterocycles. The first-order chi connectivity index (χ1) is 9.24. The number of primary amides is 1. The van der Waals surface area contributed by atoms with E-state index in [1.165, 1.54) is 19.3 Å². The summed E-state index contributed by atoms with van der Waals surface area (Å²) in [6.07, 6.45) is 3.78. The van der Waals surface area contributed by atoms with Gasteiger partial charge in [-0.1, -0.05) is 12.5 Å². The smallest absolute Gasteiger partial charge is 0.255 e. The first-order valence-corrected chi connectivity index (χ1v) is 6.72. The van der Waals surface area contributed by atoms with E-state index >= 15 is 0 Å². The first kappa shape index (κ1) is 13.7. The van der Waals surface area contributed by atoms with Gasteiger partial charge in [-0.25, -0.2) is 0 Å². The number of nitrogens with one attached hydrogen (secondary N) is 2. The van der Waals surface area contributed by atoms with Crippen LogP contribution in [-0.4, -0.2) is 31.6 Å². The second-order valence-electron chi connectivity index (χ2n) is 4.81. The molecule has 4 N–H and O–H groups in total. The molecule has 0 saturated carbocycles. The number of amides is 1. The number of ether oxygens (including phenoxy) is 1. The molecule has 19 heavy (non-hydrogen) atoms. The van der Waals surface area contributed by atoms with Crippen LogP contribution in [0.25, 0.3) is 0 Å². The third-order valence-corrected chi connectivity index (χ3v) is 3.18. The van der Waals surface area contributed by atoms with Gasteiger partial charge in [-0.15, -0.1) is 0 Å². The Balaban J connectivity index is 1.82. The summed E-state index contributed by atoms with van der Waals surface area (Å²) in [5, 5.41) is 6.87. The van der Waals surface area contributed by atoms with Gasteiger partial charge in [0, 0.05) is 24.3 Å². The summed E-state index contributed by atoms with van der Waals surface area (Å²) >= 11 is 0. The standard InChI is InChI=1S/C14H21N3O2/c15-14(18)10-19-13-6-3-5-11(8-13)17-9-12-4-1-2-7-16-12/h3,5-6,8,12,16-17H,1-2,4,7,9-10H2,(H2,15,18). The van der Waals surface area contributed by atoms with Crippen LogP contribution in [-0.2, 0) is 4.79 Å². The monoisotopic (exact) mass is 263 g/mol. The fraction of sp³-hybridized carbons (Fsp3) is 0.500. The van der Waals surface area contributed by atoms with Crippen LogP contribution in [0.3, 0.4) is 0 Å². The molecule has 1 aliphatic rings. The number of carbonyl (C=O) groups is 1. The lowest BCUT2D eigenvalue weighted by molar-refractivity contribution is -0.119. The molecule has 1 unspecified atom stereocenters. The molecule has 0 aliphatic carbocycles. The molecular weight excluding hydrogens is 242 g/mol. The Labute approximate surface area is 113 Å². The number of nitrogens with two attached hydrogens (primary N) is 1. The molecule has 0 aromatic heterocycles. The molecule has 0 radical (unpaired) electrons. The van der Waals surface area contributed by atoms with Gasteiger partial charge in [0.1, 0.15) is 5.75 Å². The molecule has 0 bridgehead atoms. The van der Waals surface area contributed by atoms with Crippen molar-refractivity contribution < 1.29 is 9.53 Å². The molecule has 1 aromatic carbocycles. The molecule has 1 saturated heterocycles. The fourth-order valence-electron chi connectivity index (χ4n) is 2.19. The van der Waals surface area contributed by atoms with Crippen molar-refractivity contribution in [2.75, 3.05) is 25.0 Å². The SMILES string of the molecule is NC(=O)COc1cccc(NCC2CCCCN2)c1. The number of carbonyl (C=O) groups excluding carboxylic acids is 1. The van der Waals surface area contributed by atoms with E-state index < -0.39 is 5.91 Å². The van der Waals surface area contributed by atoms with Gasteiger partial charge < -0.3 is 21.1 Å². The molecule has 5 nitrogen and oxygen atoms in total. The van der Waals surface area contributed by atoms with Crippen LogP contribution in [0.1, 0.15) is 19.3 Å². The van der Waals surface area contributed by atoms with Crippen molar-refractivity contribution in [3.8, 4) is 5.75 Å². The molecule has 5 heteroatoms. The minimum absolute atomic E-state index is 0.0896. The van der Waals surface area contributed by atoms with Gasteiger partial charge in [-0.2, -0.15) is 0 Å². The molecule has 1 amide bonds. The minimum Gasteiger partial charge on any atom is -0.484 e. The molecule has 2 rings (SSSR count). The number of hydrogen-bond acceptors (Lipinski definition) is 4. The third kappa shape index (κ3) is 4.79. The summed E-state index contributed by atoms with van der Waals surface area (Å²) in [4.78, 5) is 10.7. The van der Waals surface area contributed by atoms with E-state index in [-0.39, 0.29) is 6.61 Å². The highest BCUT2D eigenvalue weighted by Gasteiger charge is 2.11. The lowest BCUT2D eigenvalue weighted by Crippen LogP contribution is -2.39. The number of piperidine rings is 1. The Hall–Kier alpha value is -1.75. The van der Waals surface area contributed by atoms with Crippen molar-refractivity contribution in [3.63, 3.8) is 0 Å². The van der Waals surface area contributed by atoms with Crippen molar-refractivity contribution in [1.82, 2.24) is 5.32 Å². The zero-order chi connectivity index (χ0) is 13.5. The van der Waals surface area contributed by atoms with Gasteiger partial charge in [0.2, 0.25) is 0 Å². The van der Waals surface area contributed by atoms with Gasteiger partial charge in [0.25, 0.3) is 5.91 Å². The van der Waals surface area contributed by atoms with Crippen LogP contribution in [0.5, 0.6) is 5.75 Å². The predicted molar refractivity (Wildman–Crippen MR) is 75.3 cm³/mol. The molecule has 1 aliphatic heterocycles. The number of benzene rings is 1. The van der Waals surface area contributed by atoms with E-state index in [0.29, 0.717) is 11.8 Å². The zero-order valence-electron chi connectivity index (χ0n) is 11.0. The van der Waals surface area contributed by atoms with E-state index in [0.717, 1.165) is 18.8 Å². The van der Waals surface area contributed by atoms with Gasteiger partial charge in [0.15, 0.2) is 6.61 Å². The maximum absolute atomic E-state index is 10.7. The van der Waals surface area contributed by atoms with Gasteiger partial charge in [0.05, 0.1) is 0 Å². The summed E-state index contributed by atoms with van der Waals surface area (Å²) < 4.78 is 5.27. The van der Waals surface area contributed by atoms with E-state index in [2.05, 4.69) is 10.6 Å². The highest BCUT2D eigenvalue weighted by atomic mass is 16.5. The largest absolute Gasteiger partial charge is 0.484 e. The first-order valence-electron chi connectivity index (χ1n) is 6.72. The van der Waals surface area contributed by atoms with Crippen LogP contribution in [0.4, 0.5) is 5.69 Å². The summed E-state index contributed by atoms with van der Waals surface area (Å²) in [5.74, 6) is 0.185. The fourth-order valence-corrected chi connectivity index (χ4v) is 2.19. The molecule has 1 aromatic rings. The summed E-state index contributed by atoms with van der Waals surface area (Å²) in [7, 11) is 0. The maximum Gasteiger partial charge on any atom is 0.255 e. The molecular formula is C14H21N3O2. The highest BCUT2D eigenvalue weighted by molar-refractivity contribution is 5.75. The second-order valence-corrected chi connectivity index (χ2v) is 4.81. The average molecular weight is 263 g/mol. The quantitative estimate of drug-likeness (QED) is 0.718. The van der Waals surface area contributed by atoms with Gasteiger partial charge in [-0.05, 0) is 31.5 Å². The molecule has 0 spiro atoms. The number of rotatable bonds is 6. The van der Waals surface area contributed by atoms with Crippen LogP contribution in [0, 0.1) is 0 Å². The van der Waals surface area contributed by atoms with Crippen molar-refractivity contribution in [3.05, 3.63) is 24.3 Å². The normalized spacial score (nSPS) is 18.8. The second kappa shape index (κ2) is 6.99. The van der Waals surface area contributed by atoms with Crippen molar-refractivity contribution in [2.45, 2.75) is 25.3 Å². The van der Waals surface area contributed by atoms with Crippen molar-refractivity contribution in [2.24, 2.45) is 5.73 Å². The average Bonchev–Trinajstić information content (AvgIpc) is 2.44. The Kier molecular flexibility index (Phi) is 5.03. The Bertz CT molecular complexity index is 417. The summed E-state index contributed by atoms with van der Waals surface area (Å²) in [6, 6.07) is 8.11. The van der Waals surface area contributed by atoms with Gasteiger partial charge >= 0.3 is 0 Å². The van der Waals surface area contributed by atoms with Crippen LogP contribution < -0.4 is 21.1 Å². The highest BCUT2D eigenvalue weighted by Crippen LogP contribution is 2.17. The van der Waals surface area contributed by atoms with Crippen LogP contribution in [0.2, 0.25) is 0 Å². The van der Waals surface area contributed by atoms with E-state index in [4.69, 9.17) is 10.5 Å². The number of anilines is 1. The Morgan fingerprint density at radius 1 is 1.47 bits per heavy atom. The predicted octanol–water partition coefficient (Wildman–Crippen LogP) is 1.10.